The molecule has 0 amide bonds. The minimum Gasteiger partial charge on any atom is -0.478 e. The van der Waals surface area contributed by atoms with Crippen molar-refractivity contribution in [3.63, 3.8) is 0 Å². The Morgan fingerprint density at radius 3 is 2.57 bits per heavy atom. The quantitative estimate of drug-likeness (QED) is 0.401. The van der Waals surface area contributed by atoms with Crippen molar-refractivity contribution in [1.82, 2.24) is 15.1 Å². The van der Waals surface area contributed by atoms with Gasteiger partial charge in [0.15, 0.2) is 0 Å². The average molecular weight is 536 g/mol. The minimum atomic E-state index is -4.40. The fraction of sp³-hybridized carbons (Fsp3) is 0.346. The van der Waals surface area contributed by atoms with Crippen molar-refractivity contribution >= 4 is 23.5 Å². The van der Waals surface area contributed by atoms with Crippen molar-refractivity contribution in [1.29, 1.82) is 0 Å². The van der Waals surface area contributed by atoms with Gasteiger partial charge >= 0.3 is 12.1 Å². The average Bonchev–Trinajstić information content (AvgIpc) is 3.62. The number of aromatic carboxylic acids is 1. The summed E-state index contributed by atoms with van der Waals surface area (Å²) in [5.74, 6) is -2.47. The molecule has 6 nitrogen and oxygen atoms in total. The second-order valence-electron chi connectivity index (χ2n) is 9.40. The van der Waals surface area contributed by atoms with E-state index in [9.17, 15) is 27.9 Å². The molecule has 1 atom stereocenters. The zero-order valence-corrected chi connectivity index (χ0v) is 20.2. The van der Waals surface area contributed by atoms with Gasteiger partial charge in [-0.1, -0.05) is 23.7 Å². The maximum absolute atomic E-state index is 15.0. The summed E-state index contributed by atoms with van der Waals surface area (Å²) in [6, 6.07) is 8.01. The number of hydrogen-bond acceptors (Lipinski definition) is 4. The molecule has 11 heteroatoms. The number of carbonyl (C=O) groups excluding carboxylic acids is 1. The van der Waals surface area contributed by atoms with Crippen molar-refractivity contribution in [3.8, 4) is 11.3 Å². The molecule has 2 aromatic carbocycles. The second kappa shape index (κ2) is 9.57. The molecule has 1 unspecified atom stereocenters. The predicted octanol–water partition coefficient (Wildman–Crippen LogP) is 5.62. The van der Waals surface area contributed by atoms with Crippen molar-refractivity contribution < 1.29 is 32.3 Å². The highest BCUT2D eigenvalue weighted by Crippen LogP contribution is 2.44. The van der Waals surface area contributed by atoms with E-state index in [-0.39, 0.29) is 46.2 Å². The number of nitrogens with one attached hydrogen (secondary N) is 1. The van der Waals surface area contributed by atoms with Crippen LogP contribution < -0.4 is 5.32 Å². The van der Waals surface area contributed by atoms with Crippen LogP contribution in [-0.4, -0.2) is 45.5 Å². The molecule has 0 spiro atoms. The number of aromatic nitrogens is 2. The Balaban J connectivity index is 1.60. The van der Waals surface area contributed by atoms with E-state index in [4.69, 9.17) is 11.6 Å². The molecule has 5 rings (SSSR count). The highest BCUT2D eigenvalue weighted by atomic mass is 35.5. The molecule has 0 saturated heterocycles. The Kier molecular flexibility index (Phi) is 6.57. The molecule has 2 aliphatic carbocycles. The van der Waals surface area contributed by atoms with E-state index in [0.29, 0.717) is 17.7 Å². The first-order valence-electron chi connectivity index (χ1n) is 11.8. The summed E-state index contributed by atoms with van der Waals surface area (Å²) in [6.45, 7) is -1.18. The van der Waals surface area contributed by atoms with E-state index >= 15 is 4.39 Å². The normalized spacial score (nSPS) is 17.5. The zero-order chi connectivity index (χ0) is 26.5. The number of rotatable bonds is 6. The van der Waals surface area contributed by atoms with Crippen molar-refractivity contribution in [3.05, 3.63) is 75.2 Å². The summed E-state index contributed by atoms with van der Waals surface area (Å²) in [5.41, 5.74) is 1.91. The second-order valence-corrected chi connectivity index (χ2v) is 9.81. The number of halogens is 5. The molecule has 1 fully saturated rings. The summed E-state index contributed by atoms with van der Waals surface area (Å²) >= 11 is 6.44. The number of carboxylic acids is 1. The van der Waals surface area contributed by atoms with Crippen LogP contribution >= 0.6 is 11.6 Å². The fourth-order valence-electron chi connectivity index (χ4n) is 4.88. The molecular formula is C26H22ClF4N3O3. The molecule has 2 N–H and O–H groups in total. The van der Waals surface area contributed by atoms with Crippen molar-refractivity contribution in [2.24, 2.45) is 0 Å². The van der Waals surface area contributed by atoms with Crippen molar-refractivity contribution in [2.75, 3.05) is 6.54 Å². The van der Waals surface area contributed by atoms with Gasteiger partial charge in [0.05, 0.1) is 34.1 Å². The van der Waals surface area contributed by atoms with E-state index < -0.39 is 36.5 Å². The van der Waals surface area contributed by atoms with E-state index in [1.54, 1.807) is 12.1 Å². The van der Waals surface area contributed by atoms with Gasteiger partial charge in [-0.05, 0) is 61.4 Å². The molecule has 1 saturated carbocycles. The fourth-order valence-corrected chi connectivity index (χ4v) is 5.14. The van der Waals surface area contributed by atoms with Crippen LogP contribution in [0.1, 0.15) is 62.7 Å². The molecule has 0 bridgehead atoms. The maximum Gasteiger partial charge on any atom is 0.401 e. The number of hydrogen-bond donors (Lipinski definition) is 2. The summed E-state index contributed by atoms with van der Waals surface area (Å²) in [6.07, 6.45) is -1.92. The standard InChI is InChI=1S/C26H22ClF4N3O3/c27-19-3-1-2-16(13-4-5-13)22(19)24(35)34-21-11-15(32-12-26(29,30)31)7-9-18(21)23(33-34)17-8-6-14(25(36)37)10-20(17)28/h1-3,6,8,10,13,15,32H,4-5,7,9,11-12H2,(H,36,37). The van der Waals surface area contributed by atoms with Gasteiger partial charge in [-0.3, -0.25) is 4.79 Å². The summed E-state index contributed by atoms with van der Waals surface area (Å²) < 4.78 is 54.6. The Morgan fingerprint density at radius 1 is 1.16 bits per heavy atom. The highest BCUT2D eigenvalue weighted by Gasteiger charge is 2.35. The number of benzene rings is 2. The van der Waals surface area contributed by atoms with Crippen LogP contribution in [0.3, 0.4) is 0 Å². The van der Waals surface area contributed by atoms with E-state index in [0.717, 1.165) is 29.2 Å². The molecule has 0 aliphatic heterocycles. The first-order valence-corrected chi connectivity index (χ1v) is 12.2. The van der Waals surface area contributed by atoms with Crippen LogP contribution in [0.25, 0.3) is 11.3 Å². The minimum absolute atomic E-state index is 0.0103. The molecule has 1 aromatic heterocycles. The Bertz CT molecular complexity index is 1400. The molecule has 194 valence electrons. The van der Waals surface area contributed by atoms with Gasteiger partial charge in [0, 0.05) is 23.6 Å². The Hall–Kier alpha value is -3.24. The van der Waals surface area contributed by atoms with E-state index in [1.807, 2.05) is 6.07 Å². The first-order chi connectivity index (χ1) is 17.5. The third kappa shape index (κ3) is 5.13. The van der Waals surface area contributed by atoms with Gasteiger partial charge in [-0.15, -0.1) is 0 Å². The van der Waals surface area contributed by atoms with E-state index in [1.165, 1.54) is 12.1 Å². The smallest absolute Gasteiger partial charge is 0.401 e. The molecule has 3 aromatic rings. The van der Waals surface area contributed by atoms with Crippen LogP contribution in [0.15, 0.2) is 36.4 Å². The third-order valence-electron chi connectivity index (χ3n) is 6.80. The van der Waals surface area contributed by atoms with Gasteiger partial charge in [0.25, 0.3) is 5.91 Å². The third-order valence-corrected chi connectivity index (χ3v) is 7.12. The summed E-state index contributed by atoms with van der Waals surface area (Å²) in [4.78, 5) is 25.1. The largest absolute Gasteiger partial charge is 0.478 e. The lowest BCUT2D eigenvalue weighted by atomic mass is 9.89. The van der Waals surface area contributed by atoms with Gasteiger partial charge in [-0.25, -0.2) is 9.18 Å². The number of carbonyl (C=O) groups is 2. The number of fused-ring (bicyclic) bond motifs is 1. The lowest BCUT2D eigenvalue weighted by molar-refractivity contribution is -0.126. The van der Waals surface area contributed by atoms with Gasteiger partial charge < -0.3 is 10.4 Å². The van der Waals surface area contributed by atoms with Crippen LogP contribution in [-0.2, 0) is 12.8 Å². The van der Waals surface area contributed by atoms with Crippen LogP contribution in [0.4, 0.5) is 17.6 Å². The van der Waals surface area contributed by atoms with Crippen LogP contribution in [0, 0.1) is 5.82 Å². The van der Waals surface area contributed by atoms with Crippen LogP contribution in [0.5, 0.6) is 0 Å². The van der Waals surface area contributed by atoms with Crippen LogP contribution in [0.2, 0.25) is 5.02 Å². The predicted molar refractivity (Wildman–Crippen MR) is 128 cm³/mol. The highest BCUT2D eigenvalue weighted by molar-refractivity contribution is 6.34. The van der Waals surface area contributed by atoms with Gasteiger partial charge in [-0.2, -0.15) is 23.0 Å². The molecular weight excluding hydrogens is 514 g/mol. The van der Waals surface area contributed by atoms with Gasteiger partial charge in [0.1, 0.15) is 5.82 Å². The number of nitrogens with zero attached hydrogens (tertiary/aromatic N) is 2. The van der Waals surface area contributed by atoms with Crippen molar-refractivity contribution in [2.45, 2.75) is 50.2 Å². The maximum atomic E-state index is 15.0. The monoisotopic (exact) mass is 535 g/mol. The molecule has 2 aliphatic rings. The summed E-state index contributed by atoms with van der Waals surface area (Å²) in [5, 5.41) is 16.4. The summed E-state index contributed by atoms with van der Waals surface area (Å²) in [7, 11) is 0. The van der Waals surface area contributed by atoms with E-state index in [2.05, 4.69) is 10.4 Å². The lowest BCUT2D eigenvalue weighted by Gasteiger charge is -2.25. The molecule has 0 radical (unpaired) electrons. The topological polar surface area (TPSA) is 84.2 Å². The zero-order valence-electron chi connectivity index (χ0n) is 19.4. The Labute approximate surface area is 214 Å². The molecule has 1 heterocycles. The number of alkyl halides is 3. The molecule has 37 heavy (non-hydrogen) atoms. The first kappa shape index (κ1) is 25.4. The SMILES string of the molecule is O=C(O)c1ccc(-c2nn(C(=O)c3c(Cl)cccc3C3CC3)c3c2CCC(NCC(F)(F)F)C3)c(F)c1. The lowest BCUT2D eigenvalue weighted by Crippen LogP contribution is -2.41. The van der Waals surface area contributed by atoms with Gasteiger partial charge in [0.2, 0.25) is 0 Å². The Morgan fingerprint density at radius 2 is 1.92 bits per heavy atom. The number of carboxylic acid groups (broad SMARTS) is 1.